The molecular weight excluding hydrogens is 266 g/mol. The van der Waals surface area contributed by atoms with Crippen molar-refractivity contribution >= 4 is 17.3 Å². The topological polar surface area (TPSA) is 72.6 Å². The maximum atomic E-state index is 10.8. The number of hydrogen-bond acceptors (Lipinski definition) is 5. The average Bonchev–Trinajstić information content (AvgIpc) is 3.05. The summed E-state index contributed by atoms with van der Waals surface area (Å²) < 4.78 is 10.7. The van der Waals surface area contributed by atoms with Gasteiger partial charge >= 0.3 is 5.97 Å². The summed E-state index contributed by atoms with van der Waals surface area (Å²) in [5.41, 5.74) is 0.323. The third kappa shape index (κ3) is 2.54. The van der Waals surface area contributed by atoms with Crippen LogP contribution in [-0.2, 0) is 10.3 Å². The first kappa shape index (κ1) is 13.8. The van der Waals surface area contributed by atoms with Crippen LogP contribution in [0, 0.1) is 0 Å². The molecule has 0 aliphatic rings. The number of furan rings is 1. The van der Waals surface area contributed by atoms with Crippen LogP contribution in [0.5, 0.6) is 0 Å². The van der Waals surface area contributed by atoms with Gasteiger partial charge in [0.1, 0.15) is 22.6 Å². The number of carboxylic acids is 1. The van der Waals surface area contributed by atoms with Crippen LogP contribution in [0.25, 0.3) is 11.5 Å². The van der Waals surface area contributed by atoms with Gasteiger partial charge in [0, 0.05) is 18.6 Å². The van der Waals surface area contributed by atoms with Gasteiger partial charge in [-0.2, -0.15) is 0 Å². The third-order valence-electron chi connectivity index (χ3n) is 3.18. The molecule has 0 aliphatic heterocycles. The van der Waals surface area contributed by atoms with E-state index in [-0.39, 0.29) is 5.56 Å². The van der Waals surface area contributed by atoms with Crippen LogP contribution in [0.15, 0.2) is 22.1 Å². The lowest BCUT2D eigenvalue weighted by Crippen LogP contribution is -2.22. The third-order valence-corrected chi connectivity index (χ3v) is 4.27. The van der Waals surface area contributed by atoms with Gasteiger partial charge in [-0.15, -0.1) is 11.3 Å². The number of carbonyl (C=O) groups is 1. The van der Waals surface area contributed by atoms with Gasteiger partial charge in [0.15, 0.2) is 5.76 Å². The van der Waals surface area contributed by atoms with Crippen molar-refractivity contribution in [2.24, 2.45) is 0 Å². The number of nitrogens with zero attached hydrogens (tertiary/aromatic N) is 1. The normalized spacial score (nSPS) is 14.3. The minimum absolute atomic E-state index is 0.120. The van der Waals surface area contributed by atoms with E-state index in [2.05, 4.69) is 4.98 Å². The van der Waals surface area contributed by atoms with E-state index in [1.807, 2.05) is 19.2 Å². The van der Waals surface area contributed by atoms with E-state index in [0.717, 1.165) is 11.4 Å². The summed E-state index contributed by atoms with van der Waals surface area (Å²) in [6.07, 6.45) is 2.01. The van der Waals surface area contributed by atoms with E-state index >= 15 is 0 Å². The first-order valence-electron chi connectivity index (χ1n) is 5.83. The lowest BCUT2D eigenvalue weighted by atomic mass is 10.1. The van der Waals surface area contributed by atoms with E-state index in [1.54, 1.807) is 7.11 Å². The summed E-state index contributed by atoms with van der Waals surface area (Å²) in [4.78, 5) is 15.3. The Morgan fingerprint density at radius 2 is 2.37 bits per heavy atom. The zero-order valence-electron chi connectivity index (χ0n) is 11.0. The van der Waals surface area contributed by atoms with Crippen LogP contribution < -0.4 is 0 Å². The molecule has 19 heavy (non-hydrogen) atoms. The van der Waals surface area contributed by atoms with Crippen molar-refractivity contribution in [1.29, 1.82) is 0 Å². The van der Waals surface area contributed by atoms with Crippen LogP contribution in [0.3, 0.4) is 0 Å². The van der Waals surface area contributed by atoms with E-state index in [1.165, 1.54) is 23.7 Å². The molecule has 1 N–H and O–H groups in total. The van der Waals surface area contributed by atoms with Crippen LogP contribution in [0.1, 0.15) is 35.6 Å². The van der Waals surface area contributed by atoms with Crippen molar-refractivity contribution in [1.82, 2.24) is 4.98 Å². The summed E-state index contributed by atoms with van der Waals surface area (Å²) in [6.45, 7) is 4.00. The molecule has 1 atom stereocenters. The highest BCUT2D eigenvalue weighted by Crippen LogP contribution is 2.33. The number of aromatic nitrogens is 1. The Morgan fingerprint density at radius 1 is 1.63 bits per heavy atom. The second-order valence-electron chi connectivity index (χ2n) is 4.33. The summed E-state index contributed by atoms with van der Waals surface area (Å²) in [6, 6.07) is 1.47. The van der Waals surface area contributed by atoms with Gasteiger partial charge in [-0.05, 0) is 13.3 Å². The Kier molecular flexibility index (Phi) is 3.73. The number of thiazole rings is 1. The smallest absolute Gasteiger partial charge is 0.338 e. The molecule has 1 unspecified atom stereocenters. The highest BCUT2D eigenvalue weighted by atomic mass is 32.1. The second-order valence-corrected chi connectivity index (χ2v) is 5.19. The van der Waals surface area contributed by atoms with Crippen LogP contribution in [0.2, 0.25) is 0 Å². The van der Waals surface area contributed by atoms with E-state index in [4.69, 9.17) is 14.3 Å². The maximum absolute atomic E-state index is 10.8. The number of carboxylic acid groups (broad SMARTS) is 1. The second kappa shape index (κ2) is 5.14. The molecule has 0 fully saturated rings. The highest BCUT2D eigenvalue weighted by molar-refractivity contribution is 7.10. The maximum Gasteiger partial charge on any atom is 0.338 e. The van der Waals surface area contributed by atoms with Gasteiger partial charge in [-0.3, -0.25) is 0 Å². The summed E-state index contributed by atoms with van der Waals surface area (Å²) in [5, 5.41) is 11.5. The first-order valence-corrected chi connectivity index (χ1v) is 6.71. The lowest BCUT2D eigenvalue weighted by Gasteiger charge is -2.23. The van der Waals surface area contributed by atoms with Crippen molar-refractivity contribution in [2.75, 3.05) is 7.11 Å². The van der Waals surface area contributed by atoms with Crippen molar-refractivity contribution < 1.29 is 19.1 Å². The van der Waals surface area contributed by atoms with Crippen molar-refractivity contribution in [3.8, 4) is 11.5 Å². The zero-order chi connectivity index (χ0) is 14.0. The molecular formula is C13H15NO4S. The van der Waals surface area contributed by atoms with Crippen LogP contribution in [0.4, 0.5) is 0 Å². The number of aromatic carboxylic acids is 1. The molecule has 2 rings (SSSR count). The number of methoxy groups -OCH3 is 1. The van der Waals surface area contributed by atoms with Crippen LogP contribution >= 0.6 is 11.3 Å². The Bertz CT molecular complexity index is 583. The van der Waals surface area contributed by atoms with Gasteiger partial charge in [0.25, 0.3) is 0 Å². The molecule has 2 heterocycles. The predicted molar refractivity (Wildman–Crippen MR) is 71.4 cm³/mol. The molecule has 6 heteroatoms. The van der Waals surface area contributed by atoms with Gasteiger partial charge in [-0.25, -0.2) is 9.78 Å². The number of hydrogen-bond donors (Lipinski definition) is 1. The summed E-state index contributed by atoms with van der Waals surface area (Å²) >= 11 is 1.47. The van der Waals surface area contributed by atoms with Crippen molar-refractivity contribution in [3.63, 3.8) is 0 Å². The van der Waals surface area contributed by atoms with Crippen molar-refractivity contribution in [2.45, 2.75) is 25.9 Å². The fraction of sp³-hybridized carbons (Fsp3) is 0.385. The lowest BCUT2D eigenvalue weighted by molar-refractivity contribution is -0.00150. The SMILES string of the molecule is CCC(C)(OC)c1nc(-c2cc(C(=O)O)co2)cs1. The van der Waals surface area contributed by atoms with E-state index in [9.17, 15) is 4.79 Å². The Hall–Kier alpha value is -1.66. The molecule has 0 spiro atoms. The van der Waals surface area contributed by atoms with Gasteiger partial charge in [-0.1, -0.05) is 6.92 Å². The summed E-state index contributed by atoms with van der Waals surface area (Å²) in [7, 11) is 1.65. The first-order chi connectivity index (χ1) is 9.00. The fourth-order valence-electron chi connectivity index (χ4n) is 1.60. The molecule has 0 radical (unpaired) electrons. The fourth-order valence-corrected chi connectivity index (χ4v) is 2.62. The number of ether oxygens (including phenoxy) is 1. The average molecular weight is 281 g/mol. The van der Waals surface area contributed by atoms with Gasteiger partial charge in [0.2, 0.25) is 0 Å². The molecule has 102 valence electrons. The largest absolute Gasteiger partial charge is 0.478 e. The molecule has 0 saturated heterocycles. The van der Waals surface area contributed by atoms with Gasteiger partial charge < -0.3 is 14.3 Å². The molecule has 2 aromatic rings. The minimum Gasteiger partial charge on any atom is -0.478 e. The van der Waals surface area contributed by atoms with Crippen molar-refractivity contribution in [3.05, 3.63) is 28.3 Å². The van der Waals surface area contributed by atoms with E-state index < -0.39 is 11.6 Å². The Morgan fingerprint density at radius 3 is 2.89 bits per heavy atom. The molecule has 0 amide bonds. The molecule has 0 aliphatic carbocycles. The zero-order valence-corrected chi connectivity index (χ0v) is 11.8. The minimum atomic E-state index is -1.01. The molecule has 0 saturated carbocycles. The number of rotatable bonds is 5. The molecule has 0 aromatic carbocycles. The molecule has 0 bridgehead atoms. The molecule has 2 aromatic heterocycles. The predicted octanol–water partition coefficient (Wildman–Crippen LogP) is 3.37. The van der Waals surface area contributed by atoms with Gasteiger partial charge in [0.05, 0.1) is 5.56 Å². The Labute approximate surface area is 114 Å². The highest BCUT2D eigenvalue weighted by Gasteiger charge is 2.28. The Balaban J connectivity index is 2.32. The summed E-state index contributed by atoms with van der Waals surface area (Å²) in [5.74, 6) is -0.560. The van der Waals surface area contributed by atoms with E-state index in [0.29, 0.717) is 11.5 Å². The van der Waals surface area contributed by atoms with Crippen LogP contribution in [-0.4, -0.2) is 23.2 Å². The quantitative estimate of drug-likeness (QED) is 0.909. The monoisotopic (exact) mass is 281 g/mol. The molecule has 5 nitrogen and oxygen atoms in total. The standard InChI is InChI=1S/C13H15NO4S/c1-4-13(2,17-3)12-14-9(7-19-12)10-5-8(6-18-10)11(15)16/h5-7H,4H2,1-3H3,(H,15,16).